The van der Waals surface area contributed by atoms with Gasteiger partial charge in [-0.2, -0.15) is 4.31 Å². The van der Waals surface area contributed by atoms with E-state index in [-0.39, 0.29) is 10.8 Å². The largest absolute Gasteiger partial charge is 0.495 e. The van der Waals surface area contributed by atoms with Gasteiger partial charge in [0.15, 0.2) is 0 Å². The molecular formula is C20H32N2O3S. The molecule has 0 N–H and O–H groups in total. The van der Waals surface area contributed by atoms with Crippen LogP contribution >= 0.6 is 0 Å². The van der Waals surface area contributed by atoms with E-state index in [0.717, 1.165) is 24.1 Å². The topological polar surface area (TPSA) is 49.9 Å². The molecule has 2 aliphatic rings. The fraction of sp³-hybridized carbons (Fsp3) is 0.700. The van der Waals surface area contributed by atoms with Gasteiger partial charge < -0.3 is 9.64 Å². The smallest absolute Gasteiger partial charge is 0.246 e. The second-order valence-corrected chi connectivity index (χ2v) is 11.1. The maximum Gasteiger partial charge on any atom is 0.246 e. The van der Waals surface area contributed by atoms with E-state index in [1.54, 1.807) is 10.4 Å². The number of ether oxygens (including phenoxy) is 1. The number of hydrogen-bond acceptors (Lipinski definition) is 4. The summed E-state index contributed by atoms with van der Waals surface area (Å²) in [7, 11) is 2.09. The Morgan fingerprint density at radius 1 is 1.23 bits per heavy atom. The SMILES string of the molecule is COc1cc(C)c(C)cc1S(=O)(=O)N1C[C@@H]2C(C)(C)C[C@]2(CN(C)C)C1. The predicted octanol–water partition coefficient (Wildman–Crippen LogP) is 2.91. The third-order valence-corrected chi connectivity index (χ3v) is 8.23. The van der Waals surface area contributed by atoms with Gasteiger partial charge in [0, 0.05) is 25.0 Å². The van der Waals surface area contributed by atoms with Crippen LogP contribution in [-0.2, 0) is 10.0 Å². The highest BCUT2D eigenvalue weighted by Gasteiger charge is 2.64. The van der Waals surface area contributed by atoms with E-state index < -0.39 is 10.0 Å². The summed E-state index contributed by atoms with van der Waals surface area (Å²) in [6, 6.07) is 3.58. The molecule has 2 fully saturated rings. The molecule has 0 spiro atoms. The average molecular weight is 381 g/mol. The summed E-state index contributed by atoms with van der Waals surface area (Å²) < 4.78 is 34.0. The molecule has 0 radical (unpaired) electrons. The first kappa shape index (κ1) is 19.6. The molecule has 0 unspecified atom stereocenters. The van der Waals surface area contributed by atoms with Crippen molar-refractivity contribution in [2.75, 3.05) is 40.8 Å². The molecule has 1 heterocycles. The maximum atomic E-state index is 13.5. The summed E-state index contributed by atoms with van der Waals surface area (Å²) in [6.07, 6.45) is 1.07. The van der Waals surface area contributed by atoms with Gasteiger partial charge in [-0.25, -0.2) is 8.42 Å². The van der Waals surface area contributed by atoms with Crippen molar-refractivity contribution in [1.29, 1.82) is 0 Å². The number of rotatable bonds is 5. The van der Waals surface area contributed by atoms with Gasteiger partial charge in [-0.3, -0.25) is 0 Å². The number of fused-ring (bicyclic) bond motifs is 1. The van der Waals surface area contributed by atoms with Gasteiger partial charge in [-0.05, 0) is 69.0 Å². The average Bonchev–Trinajstić information content (AvgIpc) is 2.83. The lowest BCUT2D eigenvalue weighted by Crippen LogP contribution is -2.57. The minimum absolute atomic E-state index is 0.0625. The number of nitrogens with zero attached hydrogens (tertiary/aromatic N) is 2. The zero-order chi connectivity index (χ0) is 19.5. The quantitative estimate of drug-likeness (QED) is 0.788. The van der Waals surface area contributed by atoms with Gasteiger partial charge in [-0.1, -0.05) is 13.8 Å². The molecule has 26 heavy (non-hydrogen) atoms. The molecule has 2 atom stereocenters. The molecule has 1 aliphatic carbocycles. The number of methoxy groups -OCH3 is 1. The summed E-state index contributed by atoms with van der Waals surface area (Å²) in [6.45, 7) is 10.6. The van der Waals surface area contributed by atoms with E-state index in [4.69, 9.17) is 4.74 Å². The van der Waals surface area contributed by atoms with Crippen LogP contribution in [0.3, 0.4) is 0 Å². The lowest BCUT2D eigenvalue weighted by atomic mass is 9.48. The summed E-state index contributed by atoms with van der Waals surface area (Å²) in [5.41, 5.74) is 2.25. The first-order chi connectivity index (χ1) is 11.9. The summed E-state index contributed by atoms with van der Waals surface area (Å²) >= 11 is 0. The van der Waals surface area contributed by atoms with E-state index >= 15 is 0 Å². The molecule has 1 saturated heterocycles. The zero-order valence-corrected chi connectivity index (χ0v) is 17.9. The molecule has 1 saturated carbocycles. The van der Waals surface area contributed by atoms with Gasteiger partial charge in [0.25, 0.3) is 0 Å². The van der Waals surface area contributed by atoms with Gasteiger partial charge in [0.2, 0.25) is 10.0 Å². The van der Waals surface area contributed by atoms with Crippen LogP contribution in [0.4, 0.5) is 0 Å². The maximum absolute atomic E-state index is 13.5. The van der Waals surface area contributed by atoms with Crippen LogP contribution in [-0.4, -0.2) is 58.5 Å². The highest BCUT2D eigenvalue weighted by molar-refractivity contribution is 7.89. The number of sulfonamides is 1. The minimum atomic E-state index is -3.58. The van der Waals surface area contributed by atoms with Crippen LogP contribution in [0, 0.1) is 30.6 Å². The molecule has 1 aliphatic heterocycles. The fourth-order valence-electron chi connectivity index (χ4n) is 5.37. The Labute approximate surface area is 158 Å². The molecule has 0 aromatic heterocycles. The summed E-state index contributed by atoms with van der Waals surface area (Å²) in [5.74, 6) is 0.831. The Hall–Kier alpha value is -1.11. The van der Waals surface area contributed by atoms with Crippen molar-refractivity contribution in [3.05, 3.63) is 23.3 Å². The standard InChI is InChI=1S/C20H32N2O3S/c1-14-8-16(25-7)17(9-15(14)2)26(23,24)22-10-18-19(3,4)11-20(18,13-22)12-21(5)6/h8-9,18H,10-13H2,1-7H3/t18-,20+/m1/s1. The minimum Gasteiger partial charge on any atom is -0.495 e. The van der Waals surface area contributed by atoms with Crippen LogP contribution in [0.5, 0.6) is 5.75 Å². The van der Waals surface area contributed by atoms with Crippen molar-refractivity contribution >= 4 is 10.0 Å². The Morgan fingerprint density at radius 3 is 2.38 bits per heavy atom. The lowest BCUT2D eigenvalue weighted by molar-refractivity contribution is -0.0789. The van der Waals surface area contributed by atoms with Crippen molar-refractivity contribution in [3.63, 3.8) is 0 Å². The second-order valence-electron chi connectivity index (χ2n) is 9.20. The van der Waals surface area contributed by atoms with Crippen molar-refractivity contribution in [3.8, 4) is 5.75 Å². The van der Waals surface area contributed by atoms with E-state index in [0.29, 0.717) is 29.7 Å². The number of benzene rings is 1. The van der Waals surface area contributed by atoms with E-state index in [1.807, 2.05) is 19.9 Å². The molecule has 3 rings (SSSR count). The molecule has 0 bridgehead atoms. The molecule has 1 aromatic carbocycles. The molecule has 5 nitrogen and oxygen atoms in total. The third kappa shape index (κ3) is 2.96. The van der Waals surface area contributed by atoms with E-state index in [1.165, 1.54) is 7.11 Å². The van der Waals surface area contributed by atoms with Gasteiger partial charge in [0.05, 0.1) is 7.11 Å². The van der Waals surface area contributed by atoms with Gasteiger partial charge in [0.1, 0.15) is 10.6 Å². The number of aryl methyl sites for hydroxylation is 2. The Morgan fingerprint density at radius 2 is 1.85 bits per heavy atom. The summed E-state index contributed by atoms with van der Waals surface area (Å²) in [5, 5.41) is 0. The van der Waals surface area contributed by atoms with E-state index in [9.17, 15) is 8.42 Å². The van der Waals surface area contributed by atoms with Gasteiger partial charge >= 0.3 is 0 Å². The Kier molecular flexibility index (Phi) is 4.69. The van der Waals surface area contributed by atoms with Crippen LogP contribution in [0.25, 0.3) is 0 Å². The van der Waals surface area contributed by atoms with Crippen LogP contribution in [0.1, 0.15) is 31.4 Å². The fourth-order valence-corrected chi connectivity index (χ4v) is 7.14. The predicted molar refractivity (Wildman–Crippen MR) is 104 cm³/mol. The first-order valence-electron chi connectivity index (χ1n) is 9.23. The highest BCUT2D eigenvalue weighted by atomic mass is 32.2. The second kappa shape index (κ2) is 6.21. The van der Waals surface area contributed by atoms with E-state index in [2.05, 4.69) is 32.8 Å². The molecule has 146 valence electrons. The molecular weight excluding hydrogens is 348 g/mol. The van der Waals surface area contributed by atoms with Crippen molar-refractivity contribution in [2.24, 2.45) is 16.7 Å². The van der Waals surface area contributed by atoms with Crippen LogP contribution in [0.15, 0.2) is 17.0 Å². The van der Waals surface area contributed by atoms with Crippen molar-refractivity contribution in [2.45, 2.75) is 39.0 Å². The highest BCUT2D eigenvalue weighted by Crippen LogP contribution is 2.63. The molecule has 1 aromatic rings. The monoisotopic (exact) mass is 380 g/mol. The van der Waals surface area contributed by atoms with Crippen molar-refractivity contribution in [1.82, 2.24) is 9.21 Å². The third-order valence-electron chi connectivity index (χ3n) is 6.40. The first-order valence-corrected chi connectivity index (χ1v) is 10.7. The summed E-state index contributed by atoms with van der Waals surface area (Å²) in [4.78, 5) is 2.48. The Bertz CT molecular complexity index is 813. The van der Waals surface area contributed by atoms with Crippen molar-refractivity contribution < 1.29 is 13.2 Å². The zero-order valence-electron chi connectivity index (χ0n) is 17.1. The van der Waals surface area contributed by atoms with Crippen LogP contribution in [0.2, 0.25) is 0 Å². The Balaban J connectivity index is 1.98. The lowest BCUT2D eigenvalue weighted by Gasteiger charge is -2.57. The molecule has 0 amide bonds. The number of hydrogen-bond donors (Lipinski definition) is 0. The van der Waals surface area contributed by atoms with Crippen LogP contribution < -0.4 is 4.74 Å². The molecule has 6 heteroatoms. The normalized spacial score (nSPS) is 28.1. The van der Waals surface area contributed by atoms with Gasteiger partial charge in [-0.15, -0.1) is 0 Å².